The number of aromatic nitrogens is 2. The fourth-order valence-electron chi connectivity index (χ4n) is 1.76. The molecule has 0 spiro atoms. The summed E-state index contributed by atoms with van der Waals surface area (Å²) < 4.78 is 1.98. The van der Waals surface area contributed by atoms with Crippen molar-refractivity contribution in [1.82, 2.24) is 9.55 Å². The van der Waals surface area contributed by atoms with E-state index in [2.05, 4.69) is 28.7 Å². The van der Waals surface area contributed by atoms with Crippen LogP contribution in [0.25, 0.3) is 0 Å². The molecular formula is C12H16N2OS. The Morgan fingerprint density at radius 3 is 3.12 bits per heavy atom. The molecular weight excluding hydrogens is 220 g/mol. The van der Waals surface area contributed by atoms with Crippen LogP contribution in [0.3, 0.4) is 0 Å². The van der Waals surface area contributed by atoms with Gasteiger partial charge in [0.2, 0.25) is 0 Å². The molecule has 0 fully saturated rings. The van der Waals surface area contributed by atoms with E-state index in [4.69, 9.17) is 0 Å². The van der Waals surface area contributed by atoms with Crippen molar-refractivity contribution in [3.8, 4) is 0 Å². The van der Waals surface area contributed by atoms with Crippen molar-refractivity contribution < 1.29 is 5.11 Å². The SMILES string of the molecule is CCn1cncc1C(O)CCc1ccsc1. The van der Waals surface area contributed by atoms with Crippen molar-refractivity contribution in [2.24, 2.45) is 0 Å². The van der Waals surface area contributed by atoms with E-state index >= 15 is 0 Å². The number of nitrogens with zero attached hydrogens (tertiary/aromatic N) is 2. The van der Waals surface area contributed by atoms with Crippen LogP contribution in [0, 0.1) is 0 Å². The molecule has 0 bridgehead atoms. The first-order valence-corrected chi connectivity index (χ1v) is 6.44. The summed E-state index contributed by atoms with van der Waals surface area (Å²) in [5, 5.41) is 14.3. The molecule has 0 saturated carbocycles. The number of hydrogen-bond acceptors (Lipinski definition) is 3. The van der Waals surface area contributed by atoms with E-state index in [0.717, 1.165) is 25.1 Å². The van der Waals surface area contributed by atoms with Crippen LogP contribution in [0.15, 0.2) is 29.4 Å². The number of aryl methyl sites for hydroxylation is 2. The van der Waals surface area contributed by atoms with Gasteiger partial charge < -0.3 is 9.67 Å². The highest BCUT2D eigenvalue weighted by Gasteiger charge is 2.12. The Morgan fingerprint density at radius 1 is 1.56 bits per heavy atom. The molecule has 2 aromatic rings. The van der Waals surface area contributed by atoms with Gasteiger partial charge in [0.25, 0.3) is 0 Å². The Hall–Kier alpha value is -1.13. The first kappa shape index (κ1) is 11.4. The van der Waals surface area contributed by atoms with Gasteiger partial charge >= 0.3 is 0 Å². The molecule has 2 rings (SSSR count). The smallest absolute Gasteiger partial charge is 0.0959 e. The Bertz CT molecular complexity index is 422. The molecule has 0 aliphatic heterocycles. The summed E-state index contributed by atoms with van der Waals surface area (Å²) in [6, 6.07) is 2.11. The highest BCUT2D eigenvalue weighted by molar-refractivity contribution is 7.07. The van der Waals surface area contributed by atoms with Crippen LogP contribution in [0.5, 0.6) is 0 Å². The molecule has 0 aromatic carbocycles. The molecule has 2 heterocycles. The molecule has 0 radical (unpaired) electrons. The number of aliphatic hydroxyl groups is 1. The van der Waals surface area contributed by atoms with Crippen molar-refractivity contribution in [3.05, 3.63) is 40.6 Å². The molecule has 3 nitrogen and oxygen atoms in total. The van der Waals surface area contributed by atoms with Gasteiger partial charge in [-0.3, -0.25) is 0 Å². The van der Waals surface area contributed by atoms with Crippen molar-refractivity contribution in [3.63, 3.8) is 0 Å². The largest absolute Gasteiger partial charge is 0.387 e. The van der Waals surface area contributed by atoms with E-state index in [-0.39, 0.29) is 0 Å². The summed E-state index contributed by atoms with van der Waals surface area (Å²) in [6.07, 6.45) is 4.77. The number of rotatable bonds is 5. The van der Waals surface area contributed by atoms with Gasteiger partial charge in [-0.25, -0.2) is 4.98 Å². The molecule has 86 valence electrons. The van der Waals surface area contributed by atoms with Crippen LogP contribution < -0.4 is 0 Å². The topological polar surface area (TPSA) is 38.0 Å². The lowest BCUT2D eigenvalue weighted by atomic mass is 10.1. The van der Waals surface area contributed by atoms with Crippen molar-refractivity contribution in [2.45, 2.75) is 32.4 Å². The van der Waals surface area contributed by atoms with Crippen molar-refractivity contribution in [1.29, 1.82) is 0 Å². The molecule has 1 unspecified atom stereocenters. The monoisotopic (exact) mass is 236 g/mol. The number of thiophene rings is 1. The zero-order valence-electron chi connectivity index (χ0n) is 9.34. The highest BCUT2D eigenvalue weighted by Crippen LogP contribution is 2.19. The molecule has 1 N–H and O–H groups in total. The van der Waals surface area contributed by atoms with Crippen LogP contribution in [0.1, 0.15) is 30.7 Å². The van der Waals surface area contributed by atoms with Gasteiger partial charge in [0.1, 0.15) is 0 Å². The van der Waals surface area contributed by atoms with Crippen LogP contribution in [0.4, 0.5) is 0 Å². The zero-order chi connectivity index (χ0) is 11.4. The summed E-state index contributed by atoms with van der Waals surface area (Å²) >= 11 is 1.70. The van der Waals surface area contributed by atoms with Gasteiger partial charge in [0.05, 0.1) is 24.3 Å². The first-order chi connectivity index (χ1) is 7.81. The molecule has 4 heteroatoms. The minimum absolute atomic E-state index is 0.414. The van der Waals surface area contributed by atoms with Crippen LogP contribution >= 0.6 is 11.3 Å². The molecule has 2 aromatic heterocycles. The highest BCUT2D eigenvalue weighted by atomic mass is 32.1. The van der Waals surface area contributed by atoms with Crippen LogP contribution in [-0.4, -0.2) is 14.7 Å². The van der Waals surface area contributed by atoms with Crippen LogP contribution in [-0.2, 0) is 13.0 Å². The van der Waals surface area contributed by atoms with Crippen molar-refractivity contribution >= 4 is 11.3 Å². The third-order valence-electron chi connectivity index (χ3n) is 2.71. The maximum atomic E-state index is 10.1. The maximum Gasteiger partial charge on any atom is 0.0959 e. The number of hydrogen-bond donors (Lipinski definition) is 1. The molecule has 0 amide bonds. The van der Waals surface area contributed by atoms with Crippen molar-refractivity contribution in [2.75, 3.05) is 0 Å². The lowest BCUT2D eigenvalue weighted by Crippen LogP contribution is -2.06. The van der Waals surface area contributed by atoms with Gasteiger partial charge in [-0.05, 0) is 42.2 Å². The second-order valence-electron chi connectivity index (χ2n) is 3.79. The minimum atomic E-state index is -0.414. The van der Waals surface area contributed by atoms with E-state index in [1.807, 2.05) is 4.57 Å². The fraction of sp³-hybridized carbons (Fsp3) is 0.417. The van der Waals surface area contributed by atoms with Gasteiger partial charge in [-0.15, -0.1) is 0 Å². The summed E-state index contributed by atoms with van der Waals surface area (Å²) in [7, 11) is 0. The standard InChI is InChI=1S/C12H16N2OS/c1-2-14-9-13-7-11(14)12(15)4-3-10-5-6-16-8-10/h5-9,12,15H,2-4H2,1H3. The Kier molecular flexibility index (Phi) is 3.74. The molecule has 1 atom stereocenters. The quantitative estimate of drug-likeness (QED) is 0.866. The zero-order valence-corrected chi connectivity index (χ0v) is 10.2. The Labute approximate surface area is 99.4 Å². The van der Waals surface area contributed by atoms with E-state index in [9.17, 15) is 5.11 Å². The maximum absolute atomic E-state index is 10.1. The lowest BCUT2D eigenvalue weighted by Gasteiger charge is -2.11. The fourth-order valence-corrected chi connectivity index (χ4v) is 2.46. The number of aliphatic hydroxyl groups excluding tert-OH is 1. The molecule has 0 aliphatic rings. The first-order valence-electron chi connectivity index (χ1n) is 5.50. The predicted molar refractivity (Wildman–Crippen MR) is 65.5 cm³/mol. The van der Waals surface area contributed by atoms with Crippen LogP contribution in [0.2, 0.25) is 0 Å². The lowest BCUT2D eigenvalue weighted by molar-refractivity contribution is 0.158. The van der Waals surface area contributed by atoms with E-state index in [0.29, 0.717) is 0 Å². The summed E-state index contributed by atoms with van der Waals surface area (Å²) in [6.45, 7) is 2.90. The summed E-state index contributed by atoms with van der Waals surface area (Å²) in [4.78, 5) is 4.06. The molecule has 0 saturated heterocycles. The third-order valence-corrected chi connectivity index (χ3v) is 3.45. The summed E-state index contributed by atoms with van der Waals surface area (Å²) in [5.41, 5.74) is 2.21. The third kappa shape index (κ3) is 2.51. The van der Waals surface area contributed by atoms with E-state index < -0.39 is 6.10 Å². The number of imidazole rings is 1. The predicted octanol–water partition coefficient (Wildman–Crippen LogP) is 2.63. The van der Waals surface area contributed by atoms with Gasteiger partial charge in [0, 0.05) is 6.54 Å². The molecule has 0 aliphatic carbocycles. The van der Waals surface area contributed by atoms with Gasteiger partial charge in [-0.1, -0.05) is 0 Å². The van der Waals surface area contributed by atoms with E-state index in [1.54, 1.807) is 23.9 Å². The van der Waals surface area contributed by atoms with E-state index in [1.165, 1.54) is 5.56 Å². The average molecular weight is 236 g/mol. The Balaban J connectivity index is 1.95. The normalized spacial score (nSPS) is 12.9. The Morgan fingerprint density at radius 2 is 2.44 bits per heavy atom. The van der Waals surface area contributed by atoms with Gasteiger partial charge in [0.15, 0.2) is 0 Å². The average Bonchev–Trinajstić information content (AvgIpc) is 2.96. The second kappa shape index (κ2) is 5.27. The summed E-state index contributed by atoms with van der Waals surface area (Å²) in [5.74, 6) is 0. The second-order valence-corrected chi connectivity index (χ2v) is 4.57. The minimum Gasteiger partial charge on any atom is -0.387 e. The molecule has 16 heavy (non-hydrogen) atoms. The van der Waals surface area contributed by atoms with Gasteiger partial charge in [-0.2, -0.15) is 11.3 Å².